The molecule has 1 amide bonds. The average Bonchev–Trinajstić information content (AvgIpc) is 3.34. The minimum atomic E-state index is -0.548. The Morgan fingerprint density at radius 3 is 2.86 bits per heavy atom. The fraction of sp³-hybridized carbons (Fsp3) is 0.111. The Kier molecular flexibility index (Phi) is 4.91. The van der Waals surface area contributed by atoms with Gasteiger partial charge in [0.15, 0.2) is 5.52 Å². The van der Waals surface area contributed by atoms with Gasteiger partial charge >= 0.3 is 0 Å². The van der Waals surface area contributed by atoms with Gasteiger partial charge < -0.3 is 5.32 Å². The normalized spacial score (nSPS) is 10.9. The number of non-ortho nitro benzene ring substituents is 1. The van der Waals surface area contributed by atoms with Crippen LogP contribution in [0.3, 0.4) is 0 Å². The first-order valence-electron chi connectivity index (χ1n) is 8.39. The second kappa shape index (κ2) is 7.53. The fourth-order valence-corrected chi connectivity index (χ4v) is 4.47. The number of fused-ring (bicyclic) bond motifs is 1. The van der Waals surface area contributed by atoms with Crippen molar-refractivity contribution in [2.24, 2.45) is 0 Å². The van der Waals surface area contributed by atoms with Crippen molar-refractivity contribution in [3.05, 3.63) is 67.3 Å². The van der Waals surface area contributed by atoms with E-state index in [1.165, 1.54) is 46.9 Å². The standard InChI is InChI=1S/C18H13N5O4S2/c1-10-19-16-17(29-10)15(13-6-3-7-28-13)21-22(18(16)25)9-14(24)20-11-4-2-5-12(8-11)23(26)27/h2-8H,9H2,1H3,(H,20,24). The summed E-state index contributed by atoms with van der Waals surface area (Å²) in [6.45, 7) is 1.47. The molecule has 9 nitrogen and oxygen atoms in total. The van der Waals surface area contributed by atoms with Crippen molar-refractivity contribution in [1.29, 1.82) is 0 Å². The van der Waals surface area contributed by atoms with Crippen molar-refractivity contribution in [3.8, 4) is 10.6 Å². The molecule has 3 heterocycles. The van der Waals surface area contributed by atoms with Crippen molar-refractivity contribution in [2.75, 3.05) is 5.32 Å². The van der Waals surface area contributed by atoms with Crippen molar-refractivity contribution in [3.63, 3.8) is 0 Å². The van der Waals surface area contributed by atoms with Crippen LogP contribution in [0.2, 0.25) is 0 Å². The monoisotopic (exact) mass is 427 g/mol. The molecule has 1 N–H and O–H groups in total. The lowest BCUT2D eigenvalue weighted by atomic mass is 10.3. The largest absolute Gasteiger partial charge is 0.324 e. The van der Waals surface area contributed by atoms with Gasteiger partial charge in [0, 0.05) is 17.8 Å². The fourth-order valence-electron chi connectivity index (χ4n) is 2.78. The molecule has 146 valence electrons. The SMILES string of the molecule is Cc1nc2c(=O)n(CC(=O)Nc3cccc([N+](=O)[O-])c3)nc(-c3cccs3)c2s1. The number of thiazole rings is 1. The lowest BCUT2D eigenvalue weighted by molar-refractivity contribution is -0.384. The predicted molar refractivity (Wildman–Crippen MR) is 111 cm³/mol. The van der Waals surface area contributed by atoms with Crippen LogP contribution in [-0.4, -0.2) is 25.6 Å². The van der Waals surface area contributed by atoms with Gasteiger partial charge in [-0.2, -0.15) is 5.10 Å². The number of carbonyl (C=O) groups is 1. The molecule has 0 spiro atoms. The third-order valence-electron chi connectivity index (χ3n) is 4.00. The topological polar surface area (TPSA) is 120 Å². The molecule has 0 saturated heterocycles. The molecule has 0 saturated carbocycles. The van der Waals surface area contributed by atoms with Crippen molar-refractivity contribution in [1.82, 2.24) is 14.8 Å². The Morgan fingerprint density at radius 2 is 2.14 bits per heavy atom. The maximum absolute atomic E-state index is 12.8. The van der Waals surface area contributed by atoms with Crippen LogP contribution in [0.5, 0.6) is 0 Å². The molecular weight excluding hydrogens is 414 g/mol. The van der Waals surface area contributed by atoms with Gasteiger partial charge in [-0.25, -0.2) is 9.67 Å². The van der Waals surface area contributed by atoms with E-state index in [0.717, 1.165) is 14.6 Å². The molecule has 0 aliphatic heterocycles. The number of benzene rings is 1. The molecule has 0 atom stereocenters. The summed E-state index contributed by atoms with van der Waals surface area (Å²) in [4.78, 5) is 40.7. The van der Waals surface area contributed by atoms with E-state index in [0.29, 0.717) is 10.4 Å². The number of anilines is 1. The van der Waals surface area contributed by atoms with E-state index >= 15 is 0 Å². The summed E-state index contributed by atoms with van der Waals surface area (Å²) in [7, 11) is 0. The zero-order chi connectivity index (χ0) is 20.5. The highest BCUT2D eigenvalue weighted by molar-refractivity contribution is 7.20. The molecule has 0 fully saturated rings. The number of hydrogen-bond acceptors (Lipinski definition) is 8. The van der Waals surface area contributed by atoms with Crippen LogP contribution in [0.25, 0.3) is 20.8 Å². The van der Waals surface area contributed by atoms with E-state index in [9.17, 15) is 19.7 Å². The minimum absolute atomic E-state index is 0.141. The Labute approximate surface area is 171 Å². The van der Waals surface area contributed by atoms with E-state index in [-0.39, 0.29) is 23.4 Å². The molecule has 1 aromatic carbocycles. The third-order valence-corrected chi connectivity index (χ3v) is 5.85. The zero-order valence-electron chi connectivity index (χ0n) is 15.0. The Bertz CT molecular complexity index is 1290. The number of amides is 1. The number of aryl methyl sites for hydroxylation is 1. The van der Waals surface area contributed by atoms with E-state index < -0.39 is 16.4 Å². The van der Waals surface area contributed by atoms with E-state index in [4.69, 9.17) is 0 Å². The van der Waals surface area contributed by atoms with Crippen LogP contribution in [0, 0.1) is 17.0 Å². The molecule has 0 aliphatic carbocycles. The lowest BCUT2D eigenvalue weighted by Crippen LogP contribution is -2.30. The third kappa shape index (κ3) is 3.77. The van der Waals surface area contributed by atoms with Gasteiger partial charge in [-0.15, -0.1) is 22.7 Å². The number of nitro benzene ring substituents is 1. The molecule has 0 radical (unpaired) electrons. The number of nitro groups is 1. The zero-order valence-corrected chi connectivity index (χ0v) is 16.6. The van der Waals surface area contributed by atoms with Crippen molar-refractivity contribution < 1.29 is 9.72 Å². The molecule has 29 heavy (non-hydrogen) atoms. The quantitative estimate of drug-likeness (QED) is 0.385. The van der Waals surface area contributed by atoms with Crippen LogP contribution < -0.4 is 10.9 Å². The smallest absolute Gasteiger partial charge is 0.294 e. The molecule has 4 aromatic rings. The summed E-state index contributed by atoms with van der Waals surface area (Å²) in [5.74, 6) is -0.525. The highest BCUT2D eigenvalue weighted by Crippen LogP contribution is 2.31. The molecule has 0 bridgehead atoms. The highest BCUT2D eigenvalue weighted by Gasteiger charge is 2.18. The van der Waals surface area contributed by atoms with E-state index in [2.05, 4.69) is 15.4 Å². The summed E-state index contributed by atoms with van der Waals surface area (Å²) in [5.41, 5.74) is 0.537. The van der Waals surface area contributed by atoms with Crippen LogP contribution in [0.4, 0.5) is 11.4 Å². The number of aromatic nitrogens is 3. The number of rotatable bonds is 5. The first-order chi connectivity index (χ1) is 13.9. The number of nitrogens with zero attached hydrogens (tertiary/aromatic N) is 4. The number of nitrogens with one attached hydrogen (secondary N) is 1. The van der Waals surface area contributed by atoms with Crippen molar-refractivity contribution >= 4 is 50.2 Å². The van der Waals surface area contributed by atoms with E-state index in [1.807, 2.05) is 24.4 Å². The molecule has 4 rings (SSSR count). The second-order valence-electron chi connectivity index (χ2n) is 6.05. The number of thiophene rings is 1. The lowest BCUT2D eigenvalue weighted by Gasteiger charge is -2.08. The van der Waals surface area contributed by atoms with Gasteiger partial charge in [0.1, 0.15) is 12.2 Å². The summed E-state index contributed by atoms with van der Waals surface area (Å²) < 4.78 is 1.76. The first-order valence-corrected chi connectivity index (χ1v) is 10.1. The van der Waals surface area contributed by atoms with Gasteiger partial charge in [0.25, 0.3) is 11.2 Å². The van der Waals surface area contributed by atoms with Crippen LogP contribution in [0.1, 0.15) is 5.01 Å². The summed E-state index contributed by atoms with van der Waals surface area (Å²) in [6.07, 6.45) is 0. The minimum Gasteiger partial charge on any atom is -0.324 e. The van der Waals surface area contributed by atoms with Gasteiger partial charge in [-0.1, -0.05) is 12.1 Å². The Balaban J connectivity index is 1.68. The maximum atomic E-state index is 12.8. The first kappa shape index (κ1) is 18.9. The van der Waals surface area contributed by atoms with Crippen molar-refractivity contribution in [2.45, 2.75) is 13.5 Å². The van der Waals surface area contributed by atoms with E-state index in [1.54, 1.807) is 0 Å². The number of hydrogen-bond donors (Lipinski definition) is 1. The summed E-state index contributed by atoms with van der Waals surface area (Å²) >= 11 is 2.86. The molecule has 11 heteroatoms. The van der Waals surface area contributed by atoms with Crippen LogP contribution >= 0.6 is 22.7 Å². The average molecular weight is 427 g/mol. The predicted octanol–water partition coefficient (Wildman–Crippen LogP) is 3.44. The molecule has 3 aromatic heterocycles. The second-order valence-corrected chi connectivity index (χ2v) is 8.21. The molecular formula is C18H13N5O4S2. The number of carbonyl (C=O) groups excluding carboxylic acids is 1. The van der Waals surface area contributed by atoms with Gasteiger partial charge in [0.2, 0.25) is 5.91 Å². The van der Waals surface area contributed by atoms with Crippen LogP contribution in [-0.2, 0) is 11.3 Å². The highest BCUT2D eigenvalue weighted by atomic mass is 32.1. The summed E-state index contributed by atoms with van der Waals surface area (Å²) in [5, 5.41) is 20.5. The van der Waals surface area contributed by atoms with Gasteiger partial charge in [0.05, 0.1) is 19.5 Å². The van der Waals surface area contributed by atoms with Gasteiger partial charge in [-0.3, -0.25) is 19.7 Å². The molecule has 0 unspecified atom stereocenters. The summed E-state index contributed by atoms with van der Waals surface area (Å²) in [6, 6.07) is 9.35. The van der Waals surface area contributed by atoms with Crippen LogP contribution in [0.15, 0.2) is 46.6 Å². The molecule has 0 aliphatic rings. The Hall–Kier alpha value is -3.44. The van der Waals surface area contributed by atoms with Gasteiger partial charge in [-0.05, 0) is 24.4 Å². The maximum Gasteiger partial charge on any atom is 0.294 e. The Morgan fingerprint density at radius 1 is 1.31 bits per heavy atom.